The molecule has 0 saturated heterocycles. The fraction of sp³-hybridized carbons (Fsp3) is 0.111. The molecule has 2 N–H and O–H groups in total. The number of hydrogen-bond acceptors (Lipinski definition) is 4. The van der Waals surface area contributed by atoms with Gasteiger partial charge >= 0.3 is 0 Å². The van der Waals surface area contributed by atoms with Crippen LogP contribution in [0.25, 0.3) is 11.3 Å². The molecule has 1 amide bonds. The van der Waals surface area contributed by atoms with E-state index in [1.165, 1.54) is 6.20 Å². The van der Waals surface area contributed by atoms with Crippen LogP contribution in [0.1, 0.15) is 22.0 Å². The van der Waals surface area contributed by atoms with E-state index in [-0.39, 0.29) is 12.5 Å². The van der Waals surface area contributed by atoms with Crippen molar-refractivity contribution in [2.75, 3.05) is 6.61 Å². The second kappa shape index (κ2) is 6.89. The zero-order valence-corrected chi connectivity index (χ0v) is 12.3. The van der Waals surface area contributed by atoms with Crippen LogP contribution in [0, 0.1) is 0 Å². The summed E-state index contributed by atoms with van der Waals surface area (Å²) in [7, 11) is 0. The van der Waals surface area contributed by atoms with Crippen LogP contribution in [0.4, 0.5) is 0 Å². The lowest BCUT2D eigenvalue weighted by Gasteiger charge is -2.16. The van der Waals surface area contributed by atoms with E-state index in [0.717, 1.165) is 11.1 Å². The smallest absolute Gasteiger partial charge is 0.257 e. The summed E-state index contributed by atoms with van der Waals surface area (Å²) in [5, 5.41) is 16.1. The number of rotatable bonds is 5. The Kier molecular flexibility index (Phi) is 4.49. The third kappa shape index (κ3) is 3.30. The zero-order valence-electron chi connectivity index (χ0n) is 12.3. The number of aromatic nitrogens is 1. The highest BCUT2D eigenvalue weighted by Crippen LogP contribution is 2.24. The molecular formula is C18H16N2O3. The molecule has 23 heavy (non-hydrogen) atoms. The van der Waals surface area contributed by atoms with Crippen molar-refractivity contribution in [1.29, 1.82) is 0 Å². The van der Waals surface area contributed by atoms with Crippen molar-refractivity contribution in [2.45, 2.75) is 6.04 Å². The molecule has 1 aromatic heterocycles. The predicted octanol–water partition coefficient (Wildman–Crippen LogP) is 2.81. The molecule has 0 fully saturated rings. The standard InChI is InChI=1S/C18H16N2O3/c21-12-16(13-7-3-1-4-8-13)20-18(22)15-11-19-23-17(15)14-9-5-2-6-10-14/h1-11,16,21H,12H2,(H,20,22)/t16-/m1/s1. The quantitative estimate of drug-likeness (QED) is 0.760. The average molecular weight is 308 g/mol. The van der Waals surface area contributed by atoms with Crippen molar-refractivity contribution >= 4 is 5.91 Å². The van der Waals surface area contributed by atoms with Crippen molar-refractivity contribution in [3.63, 3.8) is 0 Å². The lowest BCUT2D eigenvalue weighted by Crippen LogP contribution is -2.30. The van der Waals surface area contributed by atoms with E-state index in [9.17, 15) is 9.90 Å². The summed E-state index contributed by atoms with van der Waals surface area (Å²) in [6.45, 7) is -0.193. The first-order chi connectivity index (χ1) is 11.3. The normalized spacial score (nSPS) is 11.9. The van der Waals surface area contributed by atoms with Gasteiger partial charge in [-0.15, -0.1) is 0 Å². The Bertz CT molecular complexity index is 769. The van der Waals surface area contributed by atoms with Gasteiger partial charge in [-0.25, -0.2) is 0 Å². The summed E-state index contributed by atoms with van der Waals surface area (Å²) < 4.78 is 5.22. The molecule has 0 unspecified atom stereocenters. The molecule has 5 nitrogen and oxygen atoms in total. The predicted molar refractivity (Wildman–Crippen MR) is 85.7 cm³/mol. The van der Waals surface area contributed by atoms with Gasteiger partial charge in [0.05, 0.1) is 18.8 Å². The number of amides is 1. The van der Waals surface area contributed by atoms with Gasteiger partial charge in [-0.05, 0) is 5.56 Å². The Labute approximate surface area is 133 Å². The third-order valence-corrected chi connectivity index (χ3v) is 3.54. The van der Waals surface area contributed by atoms with Crippen LogP contribution in [0.3, 0.4) is 0 Å². The summed E-state index contributed by atoms with van der Waals surface area (Å²) in [6, 6.07) is 18.1. The second-order valence-corrected chi connectivity index (χ2v) is 5.05. The summed E-state index contributed by atoms with van der Waals surface area (Å²) in [4.78, 5) is 12.5. The first-order valence-electron chi connectivity index (χ1n) is 7.26. The van der Waals surface area contributed by atoms with E-state index < -0.39 is 6.04 Å². The molecule has 0 aliphatic carbocycles. The van der Waals surface area contributed by atoms with Crippen LogP contribution in [0.2, 0.25) is 0 Å². The number of hydrogen-bond donors (Lipinski definition) is 2. The monoisotopic (exact) mass is 308 g/mol. The molecule has 1 atom stereocenters. The van der Waals surface area contributed by atoms with Crippen LogP contribution in [-0.2, 0) is 0 Å². The molecule has 0 aliphatic rings. The molecule has 3 aromatic rings. The highest BCUT2D eigenvalue weighted by molar-refractivity contribution is 5.99. The molecular weight excluding hydrogens is 292 g/mol. The van der Waals surface area contributed by atoms with Crippen molar-refractivity contribution in [3.8, 4) is 11.3 Å². The maximum absolute atomic E-state index is 12.5. The topological polar surface area (TPSA) is 75.4 Å². The average Bonchev–Trinajstić information content (AvgIpc) is 3.11. The number of carbonyl (C=O) groups is 1. The van der Waals surface area contributed by atoms with Crippen LogP contribution in [-0.4, -0.2) is 22.8 Å². The SMILES string of the molecule is O=C(N[C@H](CO)c1ccccc1)c1cnoc1-c1ccccc1. The fourth-order valence-corrected chi connectivity index (χ4v) is 2.35. The molecule has 1 heterocycles. The largest absolute Gasteiger partial charge is 0.394 e. The van der Waals surface area contributed by atoms with E-state index >= 15 is 0 Å². The highest BCUT2D eigenvalue weighted by atomic mass is 16.5. The first-order valence-corrected chi connectivity index (χ1v) is 7.26. The van der Waals surface area contributed by atoms with E-state index in [0.29, 0.717) is 11.3 Å². The number of carbonyl (C=O) groups excluding carboxylic acids is 1. The van der Waals surface area contributed by atoms with E-state index in [4.69, 9.17) is 4.52 Å². The Morgan fingerprint density at radius 1 is 1.09 bits per heavy atom. The minimum atomic E-state index is -0.484. The molecule has 5 heteroatoms. The van der Waals surface area contributed by atoms with Crippen molar-refractivity contribution < 1.29 is 14.4 Å². The Morgan fingerprint density at radius 2 is 1.74 bits per heavy atom. The summed E-state index contributed by atoms with van der Waals surface area (Å²) >= 11 is 0. The molecule has 0 radical (unpaired) electrons. The van der Waals surface area contributed by atoms with Gasteiger partial charge in [-0.3, -0.25) is 4.79 Å². The molecule has 0 saturated carbocycles. The maximum Gasteiger partial charge on any atom is 0.257 e. The minimum absolute atomic E-state index is 0.193. The Balaban J connectivity index is 1.83. The van der Waals surface area contributed by atoms with Crippen LogP contribution < -0.4 is 5.32 Å². The fourth-order valence-electron chi connectivity index (χ4n) is 2.35. The zero-order chi connectivity index (χ0) is 16.1. The number of nitrogens with one attached hydrogen (secondary N) is 1. The van der Waals surface area contributed by atoms with Gasteiger partial charge in [-0.2, -0.15) is 0 Å². The molecule has 2 aromatic carbocycles. The van der Waals surface area contributed by atoms with Crippen molar-refractivity contribution in [2.24, 2.45) is 0 Å². The lowest BCUT2D eigenvalue weighted by molar-refractivity contribution is 0.0916. The first kappa shape index (κ1) is 15.0. The van der Waals surface area contributed by atoms with E-state index in [1.807, 2.05) is 60.7 Å². The summed E-state index contributed by atoms with van der Waals surface area (Å²) in [5.41, 5.74) is 1.95. The molecule has 0 spiro atoms. The minimum Gasteiger partial charge on any atom is -0.394 e. The Morgan fingerprint density at radius 3 is 2.39 bits per heavy atom. The molecule has 0 aliphatic heterocycles. The van der Waals surface area contributed by atoms with Gasteiger partial charge in [0.15, 0.2) is 5.76 Å². The van der Waals surface area contributed by atoms with Gasteiger partial charge in [0.2, 0.25) is 0 Å². The van der Waals surface area contributed by atoms with Gasteiger partial charge in [-0.1, -0.05) is 65.8 Å². The molecule has 116 valence electrons. The van der Waals surface area contributed by atoms with Crippen LogP contribution in [0.15, 0.2) is 71.4 Å². The Hall–Kier alpha value is -2.92. The molecule has 3 rings (SSSR count). The number of aliphatic hydroxyl groups excluding tert-OH is 1. The second-order valence-electron chi connectivity index (χ2n) is 5.05. The summed E-state index contributed by atoms with van der Waals surface area (Å²) in [5.74, 6) is 0.0702. The molecule has 0 bridgehead atoms. The van der Waals surface area contributed by atoms with E-state index in [2.05, 4.69) is 10.5 Å². The third-order valence-electron chi connectivity index (χ3n) is 3.54. The van der Waals surface area contributed by atoms with Gasteiger partial charge in [0.1, 0.15) is 5.56 Å². The van der Waals surface area contributed by atoms with Gasteiger partial charge in [0.25, 0.3) is 5.91 Å². The van der Waals surface area contributed by atoms with Crippen molar-refractivity contribution in [1.82, 2.24) is 10.5 Å². The summed E-state index contributed by atoms with van der Waals surface area (Å²) in [6.07, 6.45) is 1.39. The van der Waals surface area contributed by atoms with Gasteiger partial charge < -0.3 is 14.9 Å². The van der Waals surface area contributed by atoms with E-state index in [1.54, 1.807) is 0 Å². The van der Waals surface area contributed by atoms with Crippen LogP contribution in [0.5, 0.6) is 0 Å². The van der Waals surface area contributed by atoms with Crippen molar-refractivity contribution in [3.05, 3.63) is 78.0 Å². The number of nitrogens with zero attached hydrogens (tertiary/aromatic N) is 1. The van der Waals surface area contributed by atoms with Gasteiger partial charge in [0, 0.05) is 5.56 Å². The van der Waals surface area contributed by atoms with Crippen LogP contribution >= 0.6 is 0 Å². The lowest BCUT2D eigenvalue weighted by atomic mass is 10.1. The number of benzene rings is 2. The maximum atomic E-state index is 12.5. The highest BCUT2D eigenvalue weighted by Gasteiger charge is 2.21. The number of aliphatic hydroxyl groups is 1.